The summed E-state index contributed by atoms with van der Waals surface area (Å²) in [4.78, 5) is 13.3. The van der Waals surface area contributed by atoms with Gasteiger partial charge < -0.3 is 0 Å². The second-order valence-corrected chi connectivity index (χ2v) is 10.1. The third-order valence-corrected chi connectivity index (χ3v) is 6.65. The van der Waals surface area contributed by atoms with Gasteiger partial charge in [-0.15, -0.1) is 11.3 Å². The topological polar surface area (TPSA) is 63.2 Å². The van der Waals surface area contributed by atoms with E-state index in [9.17, 15) is 8.42 Å². The number of aromatic nitrogens is 2. The van der Waals surface area contributed by atoms with Gasteiger partial charge in [0.05, 0.1) is 5.69 Å². The third kappa shape index (κ3) is 4.10. The maximum absolute atomic E-state index is 11.6. The van der Waals surface area contributed by atoms with Gasteiger partial charge >= 0.3 is 0 Å². The summed E-state index contributed by atoms with van der Waals surface area (Å²) in [7, 11) is -3.36. The highest BCUT2D eigenvalue weighted by molar-refractivity contribution is 7.90. The van der Waals surface area contributed by atoms with E-state index in [1.807, 2.05) is 11.3 Å². The molecule has 0 atom stereocenters. The Morgan fingerprint density at radius 3 is 2.85 bits per heavy atom. The molecule has 0 fully saturated rings. The first kappa shape index (κ1) is 18.3. The van der Waals surface area contributed by atoms with Crippen molar-refractivity contribution in [3.8, 4) is 10.4 Å². The number of sulfone groups is 1. The van der Waals surface area contributed by atoms with Crippen molar-refractivity contribution in [2.24, 2.45) is 0 Å². The summed E-state index contributed by atoms with van der Waals surface area (Å²) >= 11 is 1.82. The Bertz CT molecular complexity index is 1090. The number of rotatable bonds is 4. The molecule has 2 aromatic heterocycles. The molecular formula is C20H21N3O2S2. The molecule has 140 valence electrons. The fraction of sp³-hybridized carbons (Fsp3) is 0.300. The van der Waals surface area contributed by atoms with Crippen LogP contribution in [0.15, 0.2) is 47.8 Å². The van der Waals surface area contributed by atoms with E-state index in [1.54, 1.807) is 6.20 Å². The predicted molar refractivity (Wildman–Crippen MR) is 107 cm³/mol. The molecule has 0 saturated carbocycles. The minimum Gasteiger partial charge on any atom is -0.293 e. The zero-order chi connectivity index (χ0) is 19.0. The first-order chi connectivity index (χ1) is 12.9. The molecule has 27 heavy (non-hydrogen) atoms. The normalized spacial score (nSPS) is 14.9. The minimum absolute atomic E-state index is 0.0734. The Labute approximate surface area is 163 Å². The summed E-state index contributed by atoms with van der Waals surface area (Å²) < 4.78 is 23.3. The van der Waals surface area contributed by atoms with E-state index in [0.717, 1.165) is 43.6 Å². The maximum atomic E-state index is 11.6. The lowest BCUT2D eigenvalue weighted by Gasteiger charge is -2.27. The third-order valence-electron chi connectivity index (χ3n) is 4.67. The standard InChI is InChI=1S/C20H21N3O2S2/c1-14-4-3-5-15(10-14)19-7-6-17(26-19)13-23-9-8-18-16(12-23)11-21-20(22-18)27(2,24)25/h3-7,10-11H,8-9,12-13H2,1-2H3. The van der Waals surface area contributed by atoms with Gasteiger partial charge in [0, 0.05) is 53.8 Å². The second kappa shape index (κ2) is 7.14. The summed E-state index contributed by atoms with van der Waals surface area (Å²) in [6.07, 6.45) is 3.56. The molecule has 0 bridgehead atoms. The molecule has 3 aromatic rings. The van der Waals surface area contributed by atoms with E-state index >= 15 is 0 Å². The van der Waals surface area contributed by atoms with Crippen molar-refractivity contribution in [2.75, 3.05) is 12.8 Å². The van der Waals surface area contributed by atoms with Crippen molar-refractivity contribution < 1.29 is 8.42 Å². The monoisotopic (exact) mass is 399 g/mol. The van der Waals surface area contributed by atoms with Crippen molar-refractivity contribution in [1.82, 2.24) is 14.9 Å². The number of hydrogen-bond donors (Lipinski definition) is 0. The number of hydrogen-bond acceptors (Lipinski definition) is 6. The molecule has 0 saturated heterocycles. The molecule has 1 aromatic carbocycles. The molecule has 0 amide bonds. The molecule has 0 N–H and O–H groups in total. The Morgan fingerprint density at radius 1 is 1.22 bits per heavy atom. The predicted octanol–water partition coefficient (Wildman–Crippen LogP) is 3.48. The summed E-state index contributed by atoms with van der Waals surface area (Å²) in [5, 5.41) is -0.0734. The lowest BCUT2D eigenvalue weighted by molar-refractivity contribution is 0.244. The average Bonchev–Trinajstić information content (AvgIpc) is 3.09. The van der Waals surface area contributed by atoms with Crippen LogP contribution in [0.5, 0.6) is 0 Å². The zero-order valence-electron chi connectivity index (χ0n) is 15.3. The van der Waals surface area contributed by atoms with E-state index in [-0.39, 0.29) is 5.16 Å². The molecular weight excluding hydrogens is 378 g/mol. The van der Waals surface area contributed by atoms with Gasteiger partial charge in [0.2, 0.25) is 15.0 Å². The first-order valence-corrected chi connectivity index (χ1v) is 11.5. The number of benzene rings is 1. The molecule has 1 aliphatic heterocycles. The van der Waals surface area contributed by atoms with Crippen LogP contribution in [0.2, 0.25) is 0 Å². The smallest absolute Gasteiger partial charge is 0.246 e. The molecule has 0 aliphatic carbocycles. The van der Waals surface area contributed by atoms with Gasteiger partial charge in [-0.25, -0.2) is 18.4 Å². The largest absolute Gasteiger partial charge is 0.293 e. The molecule has 0 radical (unpaired) electrons. The lowest BCUT2D eigenvalue weighted by atomic mass is 10.1. The number of fused-ring (bicyclic) bond motifs is 1. The van der Waals surface area contributed by atoms with Crippen molar-refractivity contribution in [2.45, 2.75) is 31.6 Å². The van der Waals surface area contributed by atoms with Crippen LogP contribution in [0.4, 0.5) is 0 Å². The Balaban J connectivity index is 1.48. The quantitative estimate of drug-likeness (QED) is 0.629. The van der Waals surface area contributed by atoms with Gasteiger partial charge in [-0.3, -0.25) is 4.90 Å². The van der Waals surface area contributed by atoms with Crippen molar-refractivity contribution in [1.29, 1.82) is 0 Å². The van der Waals surface area contributed by atoms with Crippen LogP contribution in [0.25, 0.3) is 10.4 Å². The Kier molecular flexibility index (Phi) is 4.84. The summed E-state index contributed by atoms with van der Waals surface area (Å²) in [6, 6.07) is 13.0. The van der Waals surface area contributed by atoms with Gasteiger partial charge in [0.25, 0.3) is 0 Å². The summed E-state index contributed by atoms with van der Waals surface area (Å²) in [6.45, 7) is 4.60. The fourth-order valence-corrected chi connectivity index (χ4v) is 4.87. The van der Waals surface area contributed by atoms with Gasteiger partial charge in [-0.05, 0) is 24.6 Å². The molecule has 3 heterocycles. The molecule has 0 spiro atoms. The van der Waals surface area contributed by atoms with Crippen LogP contribution < -0.4 is 0 Å². The molecule has 5 nitrogen and oxygen atoms in total. The maximum Gasteiger partial charge on any atom is 0.246 e. The van der Waals surface area contributed by atoms with Crippen LogP contribution >= 0.6 is 11.3 Å². The Hall–Kier alpha value is -2.09. The Morgan fingerprint density at radius 2 is 2.07 bits per heavy atom. The summed E-state index contributed by atoms with van der Waals surface area (Å²) in [5.41, 5.74) is 4.40. The lowest BCUT2D eigenvalue weighted by Crippen LogP contribution is -2.31. The number of thiophene rings is 1. The van der Waals surface area contributed by atoms with Crippen molar-refractivity contribution in [3.05, 3.63) is 64.3 Å². The second-order valence-electron chi connectivity index (χ2n) is 6.99. The number of nitrogens with zero attached hydrogens (tertiary/aromatic N) is 3. The molecule has 0 unspecified atom stereocenters. The van der Waals surface area contributed by atoms with Crippen molar-refractivity contribution >= 4 is 21.2 Å². The van der Waals surface area contributed by atoms with Gasteiger partial charge in [-0.2, -0.15) is 0 Å². The van der Waals surface area contributed by atoms with Crippen LogP contribution in [-0.4, -0.2) is 36.1 Å². The molecule has 4 rings (SSSR count). The number of aryl methyl sites for hydroxylation is 1. The van der Waals surface area contributed by atoms with Crippen LogP contribution in [0.1, 0.15) is 21.7 Å². The molecule has 1 aliphatic rings. The SMILES string of the molecule is Cc1cccc(-c2ccc(CN3CCc4nc(S(C)(=O)=O)ncc4C3)s2)c1. The molecule has 7 heteroatoms. The van der Waals surface area contributed by atoms with Crippen molar-refractivity contribution in [3.63, 3.8) is 0 Å². The van der Waals surface area contributed by atoms with Gasteiger partial charge in [-0.1, -0.05) is 29.8 Å². The zero-order valence-corrected chi connectivity index (χ0v) is 17.0. The first-order valence-electron chi connectivity index (χ1n) is 8.81. The highest BCUT2D eigenvalue weighted by Gasteiger charge is 2.21. The fourth-order valence-electron chi connectivity index (χ4n) is 3.31. The van der Waals surface area contributed by atoms with E-state index in [0.29, 0.717) is 0 Å². The average molecular weight is 400 g/mol. The van der Waals surface area contributed by atoms with Gasteiger partial charge in [0.1, 0.15) is 0 Å². The van der Waals surface area contributed by atoms with E-state index in [1.165, 1.54) is 20.9 Å². The van der Waals surface area contributed by atoms with E-state index < -0.39 is 9.84 Å². The highest BCUT2D eigenvalue weighted by Crippen LogP contribution is 2.30. The highest BCUT2D eigenvalue weighted by atomic mass is 32.2. The minimum atomic E-state index is -3.36. The van der Waals surface area contributed by atoms with Gasteiger partial charge in [0.15, 0.2) is 0 Å². The van der Waals surface area contributed by atoms with Crippen LogP contribution in [0, 0.1) is 6.92 Å². The summed E-state index contributed by atoms with van der Waals surface area (Å²) in [5.74, 6) is 0. The van der Waals surface area contributed by atoms with Crippen LogP contribution in [-0.2, 0) is 29.3 Å². The van der Waals surface area contributed by atoms with E-state index in [2.05, 4.69) is 58.2 Å². The van der Waals surface area contributed by atoms with E-state index in [4.69, 9.17) is 0 Å². The van der Waals surface area contributed by atoms with Crippen LogP contribution in [0.3, 0.4) is 0 Å².